The van der Waals surface area contributed by atoms with Crippen molar-refractivity contribution in [2.24, 2.45) is 5.73 Å². The predicted octanol–water partition coefficient (Wildman–Crippen LogP) is 2.82. The fourth-order valence-electron chi connectivity index (χ4n) is 1.10. The van der Waals surface area contributed by atoms with Gasteiger partial charge in [-0.25, -0.2) is 0 Å². The van der Waals surface area contributed by atoms with Crippen LogP contribution in [-0.4, -0.2) is 13.7 Å². The summed E-state index contributed by atoms with van der Waals surface area (Å²) < 4.78 is 6.10. The molecule has 0 saturated heterocycles. The Morgan fingerprint density at radius 1 is 1.50 bits per heavy atom. The molecule has 0 amide bonds. The first-order valence-electron chi connectivity index (χ1n) is 4.48. The first-order valence-corrected chi connectivity index (χ1v) is 5.27. The van der Waals surface area contributed by atoms with Crippen molar-refractivity contribution in [1.82, 2.24) is 0 Å². The zero-order valence-corrected chi connectivity index (χ0v) is 9.75. The number of methoxy groups -OCH3 is 1. The molecule has 0 spiro atoms. The molecule has 0 aliphatic carbocycles. The third-order valence-corrected chi connectivity index (χ3v) is 2.44. The van der Waals surface area contributed by atoms with E-state index >= 15 is 0 Å². The van der Waals surface area contributed by atoms with Crippen LogP contribution >= 0.6 is 15.9 Å². The molecule has 0 bridgehead atoms. The molecule has 0 aliphatic rings. The molecule has 0 aromatic heterocycles. The standard InChI is InChI=1S/C11H14BrNO/c1-14-11-6-5-9(8-10(11)12)4-2-3-7-13/h2,4-6,8H,3,7,13H2,1H3. The summed E-state index contributed by atoms with van der Waals surface area (Å²) in [6, 6.07) is 5.97. The highest BCUT2D eigenvalue weighted by Gasteiger charge is 1.98. The van der Waals surface area contributed by atoms with Crippen molar-refractivity contribution in [2.75, 3.05) is 13.7 Å². The van der Waals surface area contributed by atoms with Crippen LogP contribution in [0.1, 0.15) is 12.0 Å². The Morgan fingerprint density at radius 3 is 2.86 bits per heavy atom. The van der Waals surface area contributed by atoms with E-state index in [-0.39, 0.29) is 0 Å². The fourth-order valence-corrected chi connectivity index (χ4v) is 1.66. The number of hydrogen-bond donors (Lipinski definition) is 1. The minimum absolute atomic E-state index is 0.688. The van der Waals surface area contributed by atoms with E-state index in [1.54, 1.807) is 7.11 Å². The highest BCUT2D eigenvalue weighted by Crippen LogP contribution is 2.25. The summed E-state index contributed by atoms with van der Waals surface area (Å²) in [7, 11) is 1.66. The maximum absolute atomic E-state index is 5.39. The maximum Gasteiger partial charge on any atom is 0.133 e. The number of rotatable bonds is 4. The van der Waals surface area contributed by atoms with E-state index in [1.165, 1.54) is 0 Å². The topological polar surface area (TPSA) is 35.2 Å². The molecule has 1 aromatic rings. The molecule has 0 fully saturated rings. The van der Waals surface area contributed by atoms with Gasteiger partial charge in [-0.05, 0) is 46.6 Å². The average Bonchev–Trinajstić information content (AvgIpc) is 2.18. The molecule has 0 radical (unpaired) electrons. The first kappa shape index (κ1) is 11.3. The van der Waals surface area contributed by atoms with Crippen LogP contribution < -0.4 is 10.5 Å². The van der Waals surface area contributed by atoms with E-state index in [0.29, 0.717) is 6.54 Å². The highest BCUT2D eigenvalue weighted by atomic mass is 79.9. The van der Waals surface area contributed by atoms with Crippen LogP contribution in [0, 0.1) is 0 Å². The Balaban J connectivity index is 2.76. The largest absolute Gasteiger partial charge is 0.496 e. The van der Waals surface area contributed by atoms with Crippen molar-refractivity contribution in [3.05, 3.63) is 34.3 Å². The molecule has 3 heteroatoms. The lowest BCUT2D eigenvalue weighted by Gasteiger charge is -2.03. The maximum atomic E-state index is 5.39. The van der Waals surface area contributed by atoms with Crippen LogP contribution in [-0.2, 0) is 0 Å². The quantitative estimate of drug-likeness (QED) is 0.899. The second-order valence-electron chi connectivity index (χ2n) is 2.87. The molecule has 14 heavy (non-hydrogen) atoms. The van der Waals surface area contributed by atoms with E-state index in [4.69, 9.17) is 10.5 Å². The molecule has 0 saturated carbocycles. The molecular weight excluding hydrogens is 242 g/mol. The van der Waals surface area contributed by atoms with E-state index < -0.39 is 0 Å². The van der Waals surface area contributed by atoms with Gasteiger partial charge in [0, 0.05) is 0 Å². The summed E-state index contributed by atoms with van der Waals surface area (Å²) in [6.07, 6.45) is 5.02. The van der Waals surface area contributed by atoms with Gasteiger partial charge >= 0.3 is 0 Å². The SMILES string of the molecule is COc1ccc(C=CCCN)cc1Br. The number of ether oxygens (including phenoxy) is 1. The summed E-state index contributed by atoms with van der Waals surface area (Å²) >= 11 is 3.43. The summed E-state index contributed by atoms with van der Waals surface area (Å²) in [4.78, 5) is 0. The second kappa shape index (κ2) is 5.83. The average molecular weight is 256 g/mol. The van der Waals surface area contributed by atoms with Gasteiger partial charge in [0.25, 0.3) is 0 Å². The van der Waals surface area contributed by atoms with E-state index in [2.05, 4.69) is 28.1 Å². The van der Waals surface area contributed by atoms with E-state index in [1.807, 2.05) is 18.2 Å². The minimum Gasteiger partial charge on any atom is -0.496 e. The molecule has 0 aliphatic heterocycles. The summed E-state index contributed by atoms with van der Waals surface area (Å²) in [5, 5.41) is 0. The van der Waals surface area contributed by atoms with Crippen LogP contribution in [0.25, 0.3) is 6.08 Å². The van der Waals surface area contributed by atoms with Crippen LogP contribution in [0.2, 0.25) is 0 Å². The molecule has 0 atom stereocenters. The number of benzene rings is 1. The minimum atomic E-state index is 0.688. The normalized spacial score (nSPS) is 10.8. The van der Waals surface area contributed by atoms with Gasteiger partial charge < -0.3 is 10.5 Å². The zero-order valence-electron chi connectivity index (χ0n) is 8.16. The van der Waals surface area contributed by atoms with Crippen LogP contribution in [0.3, 0.4) is 0 Å². The first-order chi connectivity index (χ1) is 6.77. The van der Waals surface area contributed by atoms with Crippen molar-refractivity contribution in [1.29, 1.82) is 0 Å². The fraction of sp³-hybridized carbons (Fsp3) is 0.273. The number of nitrogens with two attached hydrogens (primary N) is 1. The molecule has 76 valence electrons. The van der Waals surface area contributed by atoms with Gasteiger partial charge in [-0.15, -0.1) is 0 Å². The lowest BCUT2D eigenvalue weighted by molar-refractivity contribution is 0.412. The Kier molecular flexibility index (Phi) is 4.70. The van der Waals surface area contributed by atoms with E-state index in [0.717, 1.165) is 22.2 Å². The third-order valence-electron chi connectivity index (χ3n) is 1.82. The molecule has 1 aromatic carbocycles. The highest BCUT2D eigenvalue weighted by molar-refractivity contribution is 9.10. The number of hydrogen-bond acceptors (Lipinski definition) is 2. The van der Waals surface area contributed by atoms with Crippen molar-refractivity contribution >= 4 is 22.0 Å². The van der Waals surface area contributed by atoms with Gasteiger partial charge in [-0.2, -0.15) is 0 Å². The monoisotopic (exact) mass is 255 g/mol. The Morgan fingerprint density at radius 2 is 2.29 bits per heavy atom. The summed E-state index contributed by atoms with van der Waals surface area (Å²) in [6.45, 7) is 0.688. The predicted molar refractivity (Wildman–Crippen MR) is 63.4 cm³/mol. The Bertz CT molecular complexity index is 323. The van der Waals surface area contributed by atoms with Crippen LogP contribution in [0.15, 0.2) is 28.7 Å². The zero-order chi connectivity index (χ0) is 10.4. The molecular formula is C11H14BrNO. The van der Waals surface area contributed by atoms with E-state index in [9.17, 15) is 0 Å². The Hall–Kier alpha value is -0.800. The van der Waals surface area contributed by atoms with Crippen molar-refractivity contribution < 1.29 is 4.74 Å². The van der Waals surface area contributed by atoms with Crippen molar-refractivity contribution in [3.8, 4) is 5.75 Å². The molecule has 0 heterocycles. The van der Waals surface area contributed by atoms with Crippen LogP contribution in [0.5, 0.6) is 5.75 Å². The van der Waals surface area contributed by atoms with Gasteiger partial charge in [-0.3, -0.25) is 0 Å². The van der Waals surface area contributed by atoms with Gasteiger partial charge in [0.2, 0.25) is 0 Å². The third kappa shape index (κ3) is 3.16. The van der Waals surface area contributed by atoms with Gasteiger partial charge in [-0.1, -0.05) is 18.2 Å². The number of halogens is 1. The Labute approximate surface area is 92.9 Å². The van der Waals surface area contributed by atoms with Crippen LogP contribution in [0.4, 0.5) is 0 Å². The lowest BCUT2D eigenvalue weighted by atomic mass is 10.2. The molecule has 2 N–H and O–H groups in total. The van der Waals surface area contributed by atoms with Crippen molar-refractivity contribution in [2.45, 2.75) is 6.42 Å². The smallest absolute Gasteiger partial charge is 0.133 e. The second-order valence-corrected chi connectivity index (χ2v) is 3.73. The molecule has 1 rings (SSSR count). The van der Waals surface area contributed by atoms with Gasteiger partial charge in [0.15, 0.2) is 0 Å². The summed E-state index contributed by atoms with van der Waals surface area (Å²) in [5.74, 6) is 0.848. The van der Waals surface area contributed by atoms with Crippen molar-refractivity contribution in [3.63, 3.8) is 0 Å². The molecule has 2 nitrogen and oxygen atoms in total. The lowest BCUT2D eigenvalue weighted by Crippen LogP contribution is -1.94. The molecule has 0 unspecified atom stereocenters. The van der Waals surface area contributed by atoms with Gasteiger partial charge in [0.05, 0.1) is 11.6 Å². The van der Waals surface area contributed by atoms with Gasteiger partial charge in [0.1, 0.15) is 5.75 Å². The summed E-state index contributed by atoms with van der Waals surface area (Å²) in [5.41, 5.74) is 6.53.